The molecule has 1 aromatic carbocycles. The highest BCUT2D eigenvalue weighted by Crippen LogP contribution is 2.20. The molecule has 0 aliphatic carbocycles. The highest BCUT2D eigenvalue weighted by Gasteiger charge is 2.11. The number of nitrogens with one attached hydrogen (secondary N) is 1. The van der Waals surface area contributed by atoms with Crippen molar-refractivity contribution in [2.75, 3.05) is 0 Å². The van der Waals surface area contributed by atoms with E-state index in [0.717, 1.165) is 29.5 Å². The maximum Gasteiger partial charge on any atom is 0.114 e. The standard InChI is InChI=1S/C16H20N4S/c1-11(2)17-8-14-13-6-4-5-7-15(13)20(19-14)9-16-18-12(3)10-21-16/h4-7,10-11,17H,8-9H2,1-3H3. The first-order chi connectivity index (χ1) is 10.1. The fourth-order valence-electron chi connectivity index (χ4n) is 2.35. The Balaban J connectivity index is 1.94. The first-order valence-corrected chi connectivity index (χ1v) is 8.10. The van der Waals surface area contributed by atoms with Crippen molar-refractivity contribution in [1.82, 2.24) is 20.1 Å². The van der Waals surface area contributed by atoms with Gasteiger partial charge in [0.05, 0.1) is 17.8 Å². The Bertz CT molecular complexity index is 742. The van der Waals surface area contributed by atoms with Crippen LogP contribution in [0.4, 0.5) is 0 Å². The third-order valence-electron chi connectivity index (χ3n) is 3.36. The van der Waals surface area contributed by atoms with Crippen LogP contribution in [-0.4, -0.2) is 20.8 Å². The Labute approximate surface area is 128 Å². The summed E-state index contributed by atoms with van der Waals surface area (Å²) in [5, 5.41) is 12.6. The van der Waals surface area contributed by atoms with Crippen LogP contribution in [0.25, 0.3) is 10.9 Å². The molecule has 110 valence electrons. The molecule has 5 heteroatoms. The highest BCUT2D eigenvalue weighted by atomic mass is 32.1. The molecule has 0 saturated carbocycles. The molecule has 0 saturated heterocycles. The third kappa shape index (κ3) is 3.14. The molecule has 0 fully saturated rings. The van der Waals surface area contributed by atoms with Crippen LogP contribution < -0.4 is 5.32 Å². The fraction of sp³-hybridized carbons (Fsp3) is 0.375. The van der Waals surface area contributed by atoms with E-state index in [-0.39, 0.29) is 0 Å². The van der Waals surface area contributed by atoms with Gasteiger partial charge < -0.3 is 5.32 Å². The normalized spacial score (nSPS) is 11.6. The Morgan fingerprint density at radius 2 is 2.10 bits per heavy atom. The van der Waals surface area contributed by atoms with Crippen molar-refractivity contribution in [2.45, 2.75) is 39.9 Å². The number of nitrogens with zero attached hydrogens (tertiary/aromatic N) is 3. The average Bonchev–Trinajstić information content (AvgIpc) is 3.02. The van der Waals surface area contributed by atoms with E-state index in [9.17, 15) is 0 Å². The number of para-hydroxylation sites is 1. The first kappa shape index (κ1) is 14.2. The predicted octanol–water partition coefficient (Wildman–Crippen LogP) is 3.35. The number of aryl methyl sites for hydroxylation is 1. The number of hydrogen-bond donors (Lipinski definition) is 1. The van der Waals surface area contributed by atoms with E-state index in [1.165, 1.54) is 10.9 Å². The molecule has 0 aliphatic rings. The van der Waals surface area contributed by atoms with Crippen LogP contribution >= 0.6 is 11.3 Å². The average molecular weight is 300 g/mol. The minimum Gasteiger partial charge on any atom is -0.309 e. The second kappa shape index (κ2) is 5.95. The quantitative estimate of drug-likeness (QED) is 0.786. The Kier molecular flexibility index (Phi) is 4.03. The summed E-state index contributed by atoms with van der Waals surface area (Å²) in [5.74, 6) is 0. The van der Waals surface area contributed by atoms with Crippen LogP contribution in [0.2, 0.25) is 0 Å². The lowest BCUT2D eigenvalue weighted by Crippen LogP contribution is -2.22. The summed E-state index contributed by atoms with van der Waals surface area (Å²) in [7, 11) is 0. The van der Waals surface area contributed by atoms with Crippen LogP contribution in [0.1, 0.15) is 30.2 Å². The first-order valence-electron chi connectivity index (χ1n) is 7.22. The molecule has 0 unspecified atom stereocenters. The zero-order valence-electron chi connectivity index (χ0n) is 12.6. The molecular formula is C16H20N4S. The lowest BCUT2D eigenvalue weighted by molar-refractivity contribution is 0.572. The van der Waals surface area contributed by atoms with Gasteiger partial charge in [-0.25, -0.2) is 4.98 Å². The van der Waals surface area contributed by atoms with E-state index < -0.39 is 0 Å². The second-order valence-electron chi connectivity index (χ2n) is 5.54. The highest BCUT2D eigenvalue weighted by molar-refractivity contribution is 7.09. The number of hydrogen-bond acceptors (Lipinski definition) is 4. The van der Waals surface area contributed by atoms with Gasteiger partial charge in [-0.3, -0.25) is 4.68 Å². The van der Waals surface area contributed by atoms with Crippen LogP contribution in [-0.2, 0) is 13.1 Å². The minimum absolute atomic E-state index is 0.454. The Hall–Kier alpha value is -1.72. The van der Waals surface area contributed by atoms with E-state index in [1.807, 2.05) is 6.92 Å². The molecule has 2 aromatic heterocycles. The molecular weight excluding hydrogens is 280 g/mol. The Morgan fingerprint density at radius 1 is 1.29 bits per heavy atom. The van der Waals surface area contributed by atoms with Gasteiger partial charge in [-0.05, 0) is 13.0 Å². The predicted molar refractivity (Wildman–Crippen MR) is 87.7 cm³/mol. The van der Waals surface area contributed by atoms with Crippen molar-refractivity contribution in [2.24, 2.45) is 0 Å². The third-order valence-corrected chi connectivity index (χ3v) is 4.32. The molecule has 21 heavy (non-hydrogen) atoms. The van der Waals surface area contributed by atoms with Crippen LogP contribution in [0.15, 0.2) is 29.6 Å². The van der Waals surface area contributed by atoms with Crippen molar-refractivity contribution < 1.29 is 0 Å². The summed E-state index contributed by atoms with van der Waals surface area (Å²) in [6.07, 6.45) is 0. The topological polar surface area (TPSA) is 42.7 Å². The van der Waals surface area contributed by atoms with E-state index in [4.69, 9.17) is 5.10 Å². The van der Waals surface area contributed by atoms with Crippen molar-refractivity contribution in [3.8, 4) is 0 Å². The van der Waals surface area contributed by atoms with Gasteiger partial charge >= 0.3 is 0 Å². The molecule has 0 aliphatic heterocycles. The monoisotopic (exact) mass is 300 g/mol. The number of benzene rings is 1. The van der Waals surface area contributed by atoms with Crippen LogP contribution in [0.3, 0.4) is 0 Å². The zero-order valence-corrected chi connectivity index (χ0v) is 13.4. The second-order valence-corrected chi connectivity index (χ2v) is 6.48. The molecule has 0 bridgehead atoms. The van der Waals surface area contributed by atoms with E-state index in [1.54, 1.807) is 11.3 Å². The summed E-state index contributed by atoms with van der Waals surface area (Å²) in [5.41, 5.74) is 3.35. The molecule has 2 heterocycles. The van der Waals surface area contributed by atoms with Crippen molar-refractivity contribution in [3.63, 3.8) is 0 Å². The Morgan fingerprint density at radius 3 is 2.81 bits per heavy atom. The summed E-state index contributed by atoms with van der Waals surface area (Å²) < 4.78 is 2.06. The lowest BCUT2D eigenvalue weighted by atomic mass is 10.2. The molecule has 0 radical (unpaired) electrons. The summed E-state index contributed by atoms with van der Waals surface area (Å²) in [4.78, 5) is 4.54. The van der Waals surface area contributed by atoms with E-state index in [0.29, 0.717) is 6.04 Å². The number of thiazole rings is 1. The maximum absolute atomic E-state index is 4.79. The van der Waals surface area contributed by atoms with Crippen molar-refractivity contribution >= 4 is 22.2 Å². The molecule has 4 nitrogen and oxygen atoms in total. The molecule has 0 amide bonds. The molecule has 3 rings (SSSR count). The maximum atomic E-state index is 4.79. The zero-order chi connectivity index (χ0) is 14.8. The summed E-state index contributed by atoms with van der Waals surface area (Å²) in [6.45, 7) is 7.86. The van der Waals surface area contributed by atoms with Gasteiger partial charge in [-0.2, -0.15) is 5.10 Å². The minimum atomic E-state index is 0.454. The van der Waals surface area contributed by atoms with Gasteiger partial charge in [0.1, 0.15) is 5.01 Å². The van der Waals surface area contributed by atoms with Crippen molar-refractivity contribution in [1.29, 1.82) is 0 Å². The molecule has 0 atom stereocenters. The number of rotatable bonds is 5. The summed E-state index contributed by atoms with van der Waals surface area (Å²) in [6, 6.07) is 8.86. The molecule has 3 aromatic rings. The van der Waals surface area contributed by atoms with E-state index >= 15 is 0 Å². The van der Waals surface area contributed by atoms with Gasteiger partial charge in [0.25, 0.3) is 0 Å². The van der Waals surface area contributed by atoms with Gasteiger partial charge in [0.15, 0.2) is 0 Å². The largest absolute Gasteiger partial charge is 0.309 e. The molecule has 0 spiro atoms. The van der Waals surface area contributed by atoms with Gasteiger partial charge in [-0.15, -0.1) is 11.3 Å². The lowest BCUT2D eigenvalue weighted by Gasteiger charge is -2.05. The van der Waals surface area contributed by atoms with Gasteiger partial charge in [0.2, 0.25) is 0 Å². The van der Waals surface area contributed by atoms with Crippen molar-refractivity contribution in [3.05, 3.63) is 46.0 Å². The van der Waals surface area contributed by atoms with E-state index in [2.05, 4.69) is 58.5 Å². The van der Waals surface area contributed by atoms with Crippen LogP contribution in [0.5, 0.6) is 0 Å². The molecule has 1 N–H and O–H groups in total. The SMILES string of the molecule is Cc1csc(Cn2nc(CNC(C)C)c3ccccc32)n1. The van der Waals surface area contributed by atoms with Gasteiger partial charge in [0, 0.05) is 29.0 Å². The number of aromatic nitrogens is 3. The van der Waals surface area contributed by atoms with Crippen LogP contribution in [0, 0.1) is 6.92 Å². The smallest absolute Gasteiger partial charge is 0.114 e. The fourth-order valence-corrected chi connectivity index (χ4v) is 3.10. The van der Waals surface area contributed by atoms with Gasteiger partial charge in [-0.1, -0.05) is 32.0 Å². The number of fused-ring (bicyclic) bond motifs is 1. The summed E-state index contributed by atoms with van der Waals surface area (Å²) >= 11 is 1.69.